The number of hydrogen-bond donors (Lipinski definition) is 1. The maximum absolute atomic E-state index is 12.3. The topological polar surface area (TPSA) is 37.3 Å². The Kier molecular flexibility index (Phi) is 2.92. The van der Waals surface area contributed by atoms with Gasteiger partial charge in [0.1, 0.15) is 11.5 Å². The molecule has 2 fully saturated rings. The molecule has 0 bridgehead atoms. The smallest absolute Gasteiger partial charge is 0.139 e. The molecular weight excluding hydrogens is 260 g/mol. The van der Waals surface area contributed by atoms with Crippen LogP contribution in [0.5, 0.6) is 5.75 Å². The minimum atomic E-state index is -0.0391. The number of fused-ring (bicyclic) bond motifs is 5. The Labute approximate surface area is 126 Å². The molecule has 4 rings (SSSR count). The SMILES string of the molecule is C[C@]12CC[C@@H]3c4ccc(O)cc4CCC[C@H]3[C@@H]1CCC2=O. The number of aromatic hydroxyl groups is 1. The van der Waals surface area contributed by atoms with Crippen LogP contribution >= 0.6 is 0 Å². The van der Waals surface area contributed by atoms with Gasteiger partial charge in [0, 0.05) is 11.8 Å². The molecule has 2 nitrogen and oxygen atoms in total. The summed E-state index contributed by atoms with van der Waals surface area (Å²) in [6.45, 7) is 2.23. The average Bonchev–Trinajstić information content (AvgIpc) is 2.66. The van der Waals surface area contributed by atoms with Crippen LogP contribution in [0.1, 0.15) is 62.5 Å². The molecule has 0 unspecified atom stereocenters. The van der Waals surface area contributed by atoms with Crippen molar-refractivity contribution in [3.05, 3.63) is 29.3 Å². The zero-order valence-corrected chi connectivity index (χ0v) is 12.8. The fraction of sp³-hybridized carbons (Fsp3) is 0.632. The van der Waals surface area contributed by atoms with Crippen LogP contribution in [0.25, 0.3) is 0 Å². The molecule has 2 saturated carbocycles. The van der Waals surface area contributed by atoms with Crippen molar-refractivity contribution in [1.82, 2.24) is 0 Å². The lowest BCUT2D eigenvalue weighted by Gasteiger charge is -2.45. The third kappa shape index (κ3) is 1.88. The largest absolute Gasteiger partial charge is 0.508 e. The van der Waals surface area contributed by atoms with Gasteiger partial charge in [-0.1, -0.05) is 13.0 Å². The van der Waals surface area contributed by atoms with Crippen molar-refractivity contribution in [1.29, 1.82) is 0 Å². The summed E-state index contributed by atoms with van der Waals surface area (Å²) < 4.78 is 0. The quantitative estimate of drug-likeness (QED) is 0.775. The molecule has 2 heteroatoms. The first kappa shape index (κ1) is 13.4. The Morgan fingerprint density at radius 3 is 2.90 bits per heavy atom. The lowest BCUT2D eigenvalue weighted by Crippen LogP contribution is -2.40. The van der Waals surface area contributed by atoms with Crippen LogP contribution in [0, 0.1) is 17.3 Å². The van der Waals surface area contributed by atoms with Crippen LogP contribution in [0.2, 0.25) is 0 Å². The van der Waals surface area contributed by atoms with Crippen molar-refractivity contribution >= 4 is 5.78 Å². The van der Waals surface area contributed by atoms with E-state index >= 15 is 0 Å². The number of carbonyl (C=O) groups is 1. The van der Waals surface area contributed by atoms with Gasteiger partial charge < -0.3 is 5.11 Å². The van der Waals surface area contributed by atoms with Crippen molar-refractivity contribution in [2.45, 2.75) is 57.8 Å². The van der Waals surface area contributed by atoms with Crippen molar-refractivity contribution in [3.63, 3.8) is 0 Å². The summed E-state index contributed by atoms with van der Waals surface area (Å²) in [6, 6.07) is 5.95. The molecule has 1 aromatic rings. The summed E-state index contributed by atoms with van der Waals surface area (Å²) >= 11 is 0. The fourth-order valence-electron chi connectivity index (χ4n) is 5.55. The second kappa shape index (κ2) is 4.59. The normalized spacial score (nSPS) is 38.3. The van der Waals surface area contributed by atoms with E-state index in [9.17, 15) is 9.90 Å². The Morgan fingerprint density at radius 1 is 1.19 bits per heavy atom. The summed E-state index contributed by atoms with van der Waals surface area (Å²) in [7, 11) is 0. The zero-order chi connectivity index (χ0) is 14.6. The highest BCUT2D eigenvalue weighted by atomic mass is 16.3. The summed E-state index contributed by atoms with van der Waals surface area (Å²) in [6.07, 6.45) is 7.61. The van der Waals surface area contributed by atoms with Crippen molar-refractivity contribution in [2.24, 2.45) is 17.3 Å². The van der Waals surface area contributed by atoms with E-state index in [1.165, 1.54) is 24.0 Å². The third-order valence-corrected chi connectivity index (χ3v) is 6.66. The Balaban J connectivity index is 1.75. The maximum Gasteiger partial charge on any atom is 0.139 e. The lowest BCUT2D eigenvalue weighted by atomic mass is 9.58. The van der Waals surface area contributed by atoms with E-state index in [4.69, 9.17) is 0 Å². The van der Waals surface area contributed by atoms with E-state index in [1.807, 2.05) is 12.1 Å². The number of carbonyl (C=O) groups excluding carboxylic acids is 1. The van der Waals surface area contributed by atoms with Crippen molar-refractivity contribution in [2.75, 3.05) is 0 Å². The number of phenolic OH excluding ortho intramolecular Hbond substituents is 1. The molecule has 112 valence electrons. The summed E-state index contributed by atoms with van der Waals surface area (Å²) in [4.78, 5) is 12.3. The number of aryl methyl sites for hydroxylation is 1. The van der Waals surface area contributed by atoms with E-state index in [0.717, 1.165) is 32.1 Å². The van der Waals surface area contributed by atoms with E-state index in [-0.39, 0.29) is 5.41 Å². The molecule has 0 heterocycles. The Morgan fingerprint density at radius 2 is 2.05 bits per heavy atom. The molecule has 0 aromatic heterocycles. The minimum Gasteiger partial charge on any atom is -0.508 e. The molecule has 0 amide bonds. The second-order valence-electron chi connectivity index (χ2n) is 7.57. The van der Waals surface area contributed by atoms with Crippen LogP contribution in [0.15, 0.2) is 18.2 Å². The number of hydrogen-bond acceptors (Lipinski definition) is 2. The number of phenols is 1. The van der Waals surface area contributed by atoms with E-state index in [0.29, 0.717) is 29.3 Å². The predicted octanol–water partition coefficient (Wildman–Crippen LogP) is 4.21. The molecule has 1 N–H and O–H groups in total. The Hall–Kier alpha value is -1.31. The van der Waals surface area contributed by atoms with Gasteiger partial charge in [0.15, 0.2) is 0 Å². The van der Waals surface area contributed by atoms with Gasteiger partial charge in [0.05, 0.1) is 0 Å². The highest BCUT2D eigenvalue weighted by Crippen LogP contribution is 2.59. The third-order valence-electron chi connectivity index (χ3n) is 6.66. The van der Waals surface area contributed by atoms with Crippen LogP contribution < -0.4 is 0 Å². The standard InChI is InChI=1S/C19H24O2/c1-19-10-9-15-14-6-5-13(20)11-12(14)3-2-4-16(15)17(19)7-8-18(19)21/h5-6,11,15-17,20H,2-4,7-10H2,1H3/t15-,16-,17+,19+/m1/s1. The van der Waals surface area contributed by atoms with Gasteiger partial charge in [-0.05, 0) is 79.5 Å². The molecule has 0 spiro atoms. The fourth-order valence-corrected chi connectivity index (χ4v) is 5.55. The van der Waals surface area contributed by atoms with Crippen LogP contribution in [-0.2, 0) is 11.2 Å². The first-order chi connectivity index (χ1) is 10.1. The van der Waals surface area contributed by atoms with Gasteiger partial charge >= 0.3 is 0 Å². The highest BCUT2D eigenvalue weighted by Gasteiger charge is 2.53. The Bertz CT molecular complexity index is 591. The van der Waals surface area contributed by atoms with Gasteiger partial charge in [0.25, 0.3) is 0 Å². The number of rotatable bonds is 0. The number of ketones is 1. The van der Waals surface area contributed by atoms with Crippen LogP contribution in [0.4, 0.5) is 0 Å². The minimum absolute atomic E-state index is 0.0391. The van der Waals surface area contributed by atoms with Gasteiger partial charge in [-0.3, -0.25) is 4.79 Å². The zero-order valence-electron chi connectivity index (χ0n) is 12.8. The average molecular weight is 284 g/mol. The highest BCUT2D eigenvalue weighted by molar-refractivity contribution is 5.87. The monoisotopic (exact) mass is 284 g/mol. The van der Waals surface area contributed by atoms with Crippen molar-refractivity contribution in [3.8, 4) is 5.75 Å². The maximum atomic E-state index is 12.3. The molecule has 21 heavy (non-hydrogen) atoms. The molecular formula is C19H24O2. The number of benzene rings is 1. The molecule has 0 radical (unpaired) electrons. The lowest BCUT2D eigenvalue weighted by molar-refractivity contribution is -0.129. The van der Waals surface area contributed by atoms with E-state index in [1.54, 1.807) is 0 Å². The first-order valence-corrected chi connectivity index (χ1v) is 8.45. The molecule has 3 aliphatic carbocycles. The molecule has 4 atom stereocenters. The summed E-state index contributed by atoms with van der Waals surface area (Å²) in [5.41, 5.74) is 2.76. The number of Topliss-reactive ketones (excluding diaryl/α,β-unsaturated/α-hetero) is 1. The van der Waals surface area contributed by atoms with Gasteiger partial charge in [-0.25, -0.2) is 0 Å². The second-order valence-corrected chi connectivity index (χ2v) is 7.57. The van der Waals surface area contributed by atoms with Crippen molar-refractivity contribution < 1.29 is 9.90 Å². The molecule has 3 aliphatic rings. The first-order valence-electron chi connectivity index (χ1n) is 8.45. The molecule has 0 saturated heterocycles. The summed E-state index contributed by atoms with van der Waals surface area (Å²) in [5, 5.41) is 9.76. The van der Waals surface area contributed by atoms with Gasteiger partial charge in [-0.2, -0.15) is 0 Å². The predicted molar refractivity (Wildman–Crippen MR) is 82.3 cm³/mol. The van der Waals surface area contributed by atoms with Gasteiger partial charge in [-0.15, -0.1) is 0 Å². The van der Waals surface area contributed by atoms with Gasteiger partial charge in [0.2, 0.25) is 0 Å². The van der Waals surface area contributed by atoms with Crippen LogP contribution in [-0.4, -0.2) is 10.9 Å². The summed E-state index contributed by atoms with van der Waals surface area (Å²) in [5.74, 6) is 2.77. The molecule has 1 aromatic carbocycles. The van der Waals surface area contributed by atoms with E-state index < -0.39 is 0 Å². The van der Waals surface area contributed by atoms with E-state index in [2.05, 4.69) is 13.0 Å². The van der Waals surface area contributed by atoms with Crippen LogP contribution in [0.3, 0.4) is 0 Å². The molecule has 0 aliphatic heterocycles.